The topological polar surface area (TPSA) is 22.1 Å². The second-order valence-corrected chi connectivity index (χ2v) is 6.00. The van der Waals surface area contributed by atoms with Crippen LogP contribution in [0.5, 0.6) is 5.75 Å². The predicted molar refractivity (Wildman–Crippen MR) is 85.5 cm³/mol. The molecule has 0 aliphatic carbocycles. The lowest BCUT2D eigenvalue weighted by atomic mass is 10.1. The third kappa shape index (κ3) is 3.31. The van der Waals surface area contributed by atoms with Gasteiger partial charge in [-0.1, -0.05) is 13.8 Å². The van der Waals surface area contributed by atoms with E-state index in [2.05, 4.69) is 38.6 Å². The van der Waals surface area contributed by atoms with Crippen molar-refractivity contribution in [3.8, 4) is 16.3 Å². The van der Waals surface area contributed by atoms with Crippen molar-refractivity contribution in [1.82, 2.24) is 4.98 Å². The van der Waals surface area contributed by atoms with E-state index in [0.29, 0.717) is 12.5 Å². The van der Waals surface area contributed by atoms with Crippen molar-refractivity contribution in [3.05, 3.63) is 34.8 Å². The van der Waals surface area contributed by atoms with Crippen LogP contribution in [-0.4, -0.2) is 11.6 Å². The van der Waals surface area contributed by atoms with Gasteiger partial charge in [0.1, 0.15) is 10.8 Å². The summed E-state index contributed by atoms with van der Waals surface area (Å²) in [5.74, 6) is 2.10. The van der Waals surface area contributed by atoms with E-state index in [4.69, 9.17) is 9.72 Å². The fraction of sp³-hybridized carbons (Fsp3) is 0.400. The van der Waals surface area contributed by atoms with Crippen molar-refractivity contribution in [1.29, 1.82) is 0 Å². The van der Waals surface area contributed by atoms with Gasteiger partial charge >= 0.3 is 0 Å². The Labute approximate surface area is 124 Å². The summed E-state index contributed by atoms with van der Waals surface area (Å²) in [4.78, 5) is 6.02. The highest BCUT2D eigenvalue weighted by Gasteiger charge is 2.14. The Balaban J connectivity index is 2.31. The first-order valence-electron chi connectivity index (χ1n) is 6.49. The summed E-state index contributed by atoms with van der Waals surface area (Å²) in [7, 11) is 0. The lowest BCUT2D eigenvalue weighted by Gasteiger charge is -2.03. The molecule has 19 heavy (non-hydrogen) atoms. The molecule has 0 aliphatic rings. The van der Waals surface area contributed by atoms with Gasteiger partial charge < -0.3 is 4.74 Å². The van der Waals surface area contributed by atoms with E-state index < -0.39 is 0 Å². The highest BCUT2D eigenvalue weighted by atomic mass is 32.1. The van der Waals surface area contributed by atoms with Crippen LogP contribution >= 0.6 is 24.0 Å². The summed E-state index contributed by atoms with van der Waals surface area (Å²) in [6.07, 6.45) is 0. The SMILES string of the molecule is CCOc1ccc(-c2nc(C(C)C)c(CS)s2)cc1. The molecule has 0 saturated heterocycles. The maximum atomic E-state index is 5.46. The van der Waals surface area contributed by atoms with Crippen molar-refractivity contribution in [2.75, 3.05) is 6.61 Å². The quantitative estimate of drug-likeness (QED) is 0.803. The van der Waals surface area contributed by atoms with E-state index in [9.17, 15) is 0 Å². The molecule has 0 radical (unpaired) electrons. The molecule has 0 atom stereocenters. The second-order valence-electron chi connectivity index (χ2n) is 4.60. The van der Waals surface area contributed by atoms with Gasteiger partial charge in [-0.3, -0.25) is 0 Å². The van der Waals surface area contributed by atoms with Crippen LogP contribution in [0.25, 0.3) is 10.6 Å². The van der Waals surface area contributed by atoms with E-state index in [1.54, 1.807) is 11.3 Å². The van der Waals surface area contributed by atoms with Gasteiger partial charge in [0.05, 0.1) is 12.3 Å². The molecule has 0 unspecified atom stereocenters. The van der Waals surface area contributed by atoms with Crippen LogP contribution in [0.4, 0.5) is 0 Å². The van der Waals surface area contributed by atoms with Gasteiger partial charge in [-0.25, -0.2) is 4.98 Å². The largest absolute Gasteiger partial charge is 0.494 e. The zero-order valence-corrected chi connectivity index (χ0v) is 13.2. The van der Waals surface area contributed by atoms with Crippen molar-refractivity contribution in [2.45, 2.75) is 32.4 Å². The molecular weight excluding hydrogens is 274 g/mol. The molecule has 0 bridgehead atoms. The zero-order valence-electron chi connectivity index (χ0n) is 11.5. The molecule has 102 valence electrons. The Kier molecular flexibility index (Phi) is 4.88. The molecule has 0 fully saturated rings. The van der Waals surface area contributed by atoms with Crippen LogP contribution in [0.2, 0.25) is 0 Å². The first kappa shape index (κ1) is 14.4. The summed E-state index contributed by atoms with van der Waals surface area (Å²) in [6.45, 7) is 7.02. The molecule has 0 saturated carbocycles. The number of thiazole rings is 1. The van der Waals surface area contributed by atoms with Crippen LogP contribution < -0.4 is 4.74 Å². The van der Waals surface area contributed by atoms with Crippen molar-refractivity contribution >= 4 is 24.0 Å². The lowest BCUT2D eigenvalue weighted by molar-refractivity contribution is 0.340. The second kappa shape index (κ2) is 6.44. The summed E-state index contributed by atoms with van der Waals surface area (Å²) >= 11 is 6.13. The van der Waals surface area contributed by atoms with Gasteiger partial charge in [-0.05, 0) is 37.1 Å². The van der Waals surface area contributed by atoms with E-state index >= 15 is 0 Å². The first-order chi connectivity index (χ1) is 9.15. The number of rotatable bonds is 5. The summed E-state index contributed by atoms with van der Waals surface area (Å²) < 4.78 is 5.46. The number of thiol groups is 1. The molecule has 1 aromatic carbocycles. The van der Waals surface area contributed by atoms with Gasteiger partial charge in [-0.15, -0.1) is 11.3 Å². The van der Waals surface area contributed by atoms with Gasteiger partial charge in [0, 0.05) is 16.2 Å². The van der Waals surface area contributed by atoms with Crippen LogP contribution in [0.1, 0.15) is 37.3 Å². The van der Waals surface area contributed by atoms with E-state index in [1.807, 2.05) is 19.1 Å². The van der Waals surface area contributed by atoms with Gasteiger partial charge in [0.15, 0.2) is 0 Å². The fourth-order valence-corrected chi connectivity index (χ4v) is 3.35. The minimum absolute atomic E-state index is 0.440. The van der Waals surface area contributed by atoms with Crippen molar-refractivity contribution in [3.63, 3.8) is 0 Å². The molecule has 4 heteroatoms. The maximum Gasteiger partial charge on any atom is 0.123 e. The number of benzene rings is 1. The Bertz CT molecular complexity index is 532. The minimum atomic E-state index is 0.440. The normalized spacial score (nSPS) is 11.0. The Morgan fingerprint density at radius 3 is 2.42 bits per heavy atom. The van der Waals surface area contributed by atoms with Crippen LogP contribution in [0, 0.1) is 0 Å². The molecule has 2 nitrogen and oxygen atoms in total. The fourth-order valence-electron chi connectivity index (χ4n) is 1.91. The smallest absolute Gasteiger partial charge is 0.123 e. The molecule has 2 aromatic rings. The van der Waals surface area contributed by atoms with Crippen LogP contribution in [-0.2, 0) is 5.75 Å². The average molecular weight is 293 g/mol. The van der Waals surface area contributed by atoms with E-state index in [-0.39, 0.29) is 0 Å². The third-order valence-electron chi connectivity index (χ3n) is 2.83. The Morgan fingerprint density at radius 2 is 1.95 bits per heavy atom. The maximum absolute atomic E-state index is 5.46. The Morgan fingerprint density at radius 1 is 1.26 bits per heavy atom. The Hall–Kier alpha value is -1.00. The van der Waals surface area contributed by atoms with Gasteiger partial charge in [0.25, 0.3) is 0 Å². The lowest BCUT2D eigenvalue weighted by Crippen LogP contribution is -1.92. The minimum Gasteiger partial charge on any atom is -0.494 e. The number of hydrogen-bond acceptors (Lipinski definition) is 4. The number of aromatic nitrogens is 1. The number of ether oxygens (including phenoxy) is 1. The zero-order chi connectivity index (χ0) is 13.8. The molecule has 0 aliphatic heterocycles. The van der Waals surface area contributed by atoms with E-state index in [1.165, 1.54) is 10.6 Å². The first-order valence-corrected chi connectivity index (χ1v) is 7.94. The molecule has 1 aromatic heterocycles. The molecular formula is C15H19NOS2. The van der Waals surface area contributed by atoms with Crippen LogP contribution in [0.15, 0.2) is 24.3 Å². The average Bonchev–Trinajstić information content (AvgIpc) is 2.84. The summed E-state index contributed by atoms with van der Waals surface area (Å²) in [6, 6.07) is 8.12. The predicted octanol–water partition coefficient (Wildman–Crippen LogP) is 4.76. The molecule has 2 rings (SSSR count). The monoisotopic (exact) mass is 293 g/mol. The molecule has 1 heterocycles. The van der Waals surface area contributed by atoms with Gasteiger partial charge in [-0.2, -0.15) is 12.6 Å². The summed E-state index contributed by atoms with van der Waals surface area (Å²) in [5, 5.41) is 1.07. The molecule has 0 spiro atoms. The number of hydrogen-bond donors (Lipinski definition) is 1. The highest BCUT2D eigenvalue weighted by Crippen LogP contribution is 2.33. The van der Waals surface area contributed by atoms with Crippen LogP contribution in [0.3, 0.4) is 0 Å². The van der Waals surface area contributed by atoms with Gasteiger partial charge in [0.2, 0.25) is 0 Å². The van der Waals surface area contributed by atoms with Crippen molar-refractivity contribution < 1.29 is 4.74 Å². The number of nitrogens with zero attached hydrogens (tertiary/aromatic N) is 1. The third-order valence-corrected chi connectivity index (χ3v) is 4.48. The molecule has 0 N–H and O–H groups in total. The standard InChI is InChI=1S/C15H19NOS2/c1-4-17-12-7-5-11(6-8-12)15-16-14(10(2)3)13(9-18)19-15/h5-8,10,18H,4,9H2,1-3H3. The molecule has 0 amide bonds. The highest BCUT2D eigenvalue weighted by molar-refractivity contribution is 7.79. The summed E-state index contributed by atoms with van der Waals surface area (Å²) in [5.41, 5.74) is 2.31. The van der Waals surface area contributed by atoms with E-state index in [0.717, 1.165) is 22.1 Å². The van der Waals surface area contributed by atoms with Crippen molar-refractivity contribution in [2.24, 2.45) is 0 Å².